The first-order valence-corrected chi connectivity index (χ1v) is 8.25. The molecule has 0 aliphatic carbocycles. The highest BCUT2D eigenvalue weighted by Gasteiger charge is 2.14. The number of hydrogen-bond donors (Lipinski definition) is 3. The predicted octanol–water partition coefficient (Wildman–Crippen LogP) is 1.69. The molecule has 6 nitrogen and oxygen atoms in total. The molecule has 1 atom stereocenters. The Morgan fingerprint density at radius 2 is 2.29 bits per heavy atom. The molecule has 0 spiro atoms. The molecule has 2 aliphatic rings. The second kappa shape index (κ2) is 6.59. The lowest BCUT2D eigenvalue weighted by atomic mass is 10.0. The summed E-state index contributed by atoms with van der Waals surface area (Å²) in [5, 5.41) is 7.87. The maximum atomic E-state index is 6.00. The fraction of sp³-hybridized carbons (Fsp3) is 0.333. The van der Waals surface area contributed by atoms with Crippen molar-refractivity contribution in [1.29, 1.82) is 0 Å². The molecule has 0 unspecified atom stereocenters. The van der Waals surface area contributed by atoms with E-state index in [9.17, 15) is 0 Å². The van der Waals surface area contributed by atoms with E-state index in [2.05, 4.69) is 38.8 Å². The number of anilines is 2. The number of pyridine rings is 1. The molecule has 4 N–H and O–H groups in total. The van der Waals surface area contributed by atoms with Gasteiger partial charge in [-0.25, -0.2) is 4.98 Å². The van der Waals surface area contributed by atoms with E-state index in [4.69, 9.17) is 10.5 Å². The Balaban J connectivity index is 1.60. The summed E-state index contributed by atoms with van der Waals surface area (Å²) < 4.78 is 5.74. The summed E-state index contributed by atoms with van der Waals surface area (Å²) in [5.41, 5.74) is 10.2. The maximum absolute atomic E-state index is 6.00. The van der Waals surface area contributed by atoms with Crippen molar-refractivity contribution in [3.63, 3.8) is 0 Å². The molecule has 1 aromatic heterocycles. The summed E-state index contributed by atoms with van der Waals surface area (Å²) in [6.45, 7) is 4.01. The Labute approximate surface area is 140 Å². The third-order valence-corrected chi connectivity index (χ3v) is 4.37. The van der Waals surface area contributed by atoms with Crippen molar-refractivity contribution >= 4 is 34.2 Å². The minimum atomic E-state index is 0.170. The number of morpholine rings is 1. The number of nitrogens with two attached hydrogens (primary N) is 1. The van der Waals surface area contributed by atoms with Crippen LogP contribution >= 0.6 is 0 Å². The molecule has 2 aromatic rings. The van der Waals surface area contributed by atoms with E-state index >= 15 is 0 Å². The molecule has 0 saturated carbocycles. The maximum Gasteiger partial charge on any atom is 0.126 e. The van der Waals surface area contributed by atoms with Crippen molar-refractivity contribution in [2.75, 3.05) is 43.8 Å². The molecule has 1 saturated heterocycles. The number of aromatic nitrogens is 1. The molecular formula is C18H21N5O. The second-order valence-electron chi connectivity index (χ2n) is 6.09. The number of ether oxygens (including phenoxy) is 1. The number of benzene rings is 1. The lowest BCUT2D eigenvalue weighted by Crippen LogP contribution is -2.42. The first-order valence-electron chi connectivity index (χ1n) is 8.25. The summed E-state index contributed by atoms with van der Waals surface area (Å²) in [5.74, 6) is 0.515. The Bertz CT molecular complexity index is 808. The van der Waals surface area contributed by atoms with E-state index < -0.39 is 0 Å². The zero-order valence-corrected chi connectivity index (χ0v) is 13.5. The van der Waals surface area contributed by atoms with Crippen LogP contribution in [0, 0.1) is 0 Å². The highest BCUT2D eigenvalue weighted by Crippen LogP contribution is 2.28. The molecule has 0 amide bonds. The zero-order chi connectivity index (χ0) is 16.4. The quantitative estimate of drug-likeness (QED) is 0.797. The number of rotatable bonds is 4. The van der Waals surface area contributed by atoms with Gasteiger partial charge in [0, 0.05) is 43.0 Å². The molecule has 0 bridgehead atoms. The van der Waals surface area contributed by atoms with Crippen molar-refractivity contribution < 1.29 is 4.74 Å². The molecular weight excluding hydrogens is 302 g/mol. The molecule has 3 heterocycles. The Kier molecular flexibility index (Phi) is 4.15. The number of nitrogen functional groups attached to an aromatic ring is 1. The second-order valence-corrected chi connectivity index (χ2v) is 6.09. The van der Waals surface area contributed by atoms with Crippen LogP contribution < -0.4 is 16.4 Å². The standard InChI is InChI=1S/C18H21N5O/c19-18-8-16(22-11-14-10-21-5-6-24-14)15-2-1-12(7-17(15)23-18)13-3-4-20-9-13/h1-4,7-8,14,21H,5-6,9-11H2,(H3,19,22,23)/t14-/m0/s1. The normalized spacial score (nSPS) is 20.3. The van der Waals surface area contributed by atoms with Gasteiger partial charge in [-0.3, -0.25) is 4.99 Å². The average Bonchev–Trinajstić information content (AvgIpc) is 3.14. The van der Waals surface area contributed by atoms with Crippen LogP contribution in [0.2, 0.25) is 0 Å². The van der Waals surface area contributed by atoms with Crippen LogP contribution in [0.25, 0.3) is 16.5 Å². The molecule has 4 rings (SSSR count). The van der Waals surface area contributed by atoms with E-state index in [-0.39, 0.29) is 6.10 Å². The van der Waals surface area contributed by atoms with Gasteiger partial charge in [0.1, 0.15) is 5.82 Å². The number of allylic oxidation sites excluding steroid dienone is 1. The average molecular weight is 323 g/mol. The molecule has 0 radical (unpaired) electrons. The largest absolute Gasteiger partial charge is 0.384 e. The van der Waals surface area contributed by atoms with Crippen LogP contribution in [0.15, 0.2) is 35.3 Å². The Morgan fingerprint density at radius 1 is 1.33 bits per heavy atom. The third-order valence-electron chi connectivity index (χ3n) is 4.37. The number of fused-ring (bicyclic) bond motifs is 1. The summed E-state index contributed by atoms with van der Waals surface area (Å²) in [7, 11) is 0. The van der Waals surface area contributed by atoms with Gasteiger partial charge in [0.15, 0.2) is 0 Å². The molecule has 2 aliphatic heterocycles. The highest BCUT2D eigenvalue weighted by molar-refractivity contribution is 5.97. The van der Waals surface area contributed by atoms with Gasteiger partial charge in [0.25, 0.3) is 0 Å². The van der Waals surface area contributed by atoms with E-state index in [0.717, 1.165) is 54.9 Å². The molecule has 1 fully saturated rings. The lowest BCUT2D eigenvalue weighted by Gasteiger charge is -2.24. The van der Waals surface area contributed by atoms with Crippen LogP contribution in [0.1, 0.15) is 5.56 Å². The first-order chi connectivity index (χ1) is 11.8. The summed E-state index contributed by atoms with van der Waals surface area (Å²) in [4.78, 5) is 8.73. The van der Waals surface area contributed by atoms with Crippen LogP contribution in [0.5, 0.6) is 0 Å². The van der Waals surface area contributed by atoms with Gasteiger partial charge in [-0.15, -0.1) is 0 Å². The number of aliphatic imine (C=N–C) groups is 1. The van der Waals surface area contributed by atoms with Gasteiger partial charge in [-0.2, -0.15) is 0 Å². The van der Waals surface area contributed by atoms with Gasteiger partial charge in [-0.05, 0) is 23.3 Å². The van der Waals surface area contributed by atoms with Crippen molar-refractivity contribution in [2.24, 2.45) is 4.99 Å². The van der Waals surface area contributed by atoms with Crippen LogP contribution in [0.3, 0.4) is 0 Å². The van der Waals surface area contributed by atoms with Gasteiger partial charge in [0.2, 0.25) is 0 Å². The highest BCUT2D eigenvalue weighted by atomic mass is 16.5. The van der Waals surface area contributed by atoms with E-state index in [1.807, 2.05) is 18.4 Å². The monoisotopic (exact) mass is 323 g/mol. The topological polar surface area (TPSA) is 84.6 Å². The summed E-state index contributed by atoms with van der Waals surface area (Å²) in [6.07, 6.45) is 4.06. The third kappa shape index (κ3) is 3.11. The Morgan fingerprint density at radius 3 is 3.08 bits per heavy atom. The molecule has 1 aromatic carbocycles. The van der Waals surface area contributed by atoms with Gasteiger partial charge < -0.3 is 21.1 Å². The van der Waals surface area contributed by atoms with Crippen LogP contribution in [0.4, 0.5) is 11.5 Å². The van der Waals surface area contributed by atoms with Crippen molar-refractivity contribution in [3.8, 4) is 0 Å². The van der Waals surface area contributed by atoms with Crippen LogP contribution in [-0.4, -0.2) is 50.1 Å². The van der Waals surface area contributed by atoms with Crippen molar-refractivity contribution in [1.82, 2.24) is 10.3 Å². The van der Waals surface area contributed by atoms with Gasteiger partial charge >= 0.3 is 0 Å². The van der Waals surface area contributed by atoms with E-state index in [1.54, 1.807) is 0 Å². The first kappa shape index (κ1) is 15.1. The van der Waals surface area contributed by atoms with Gasteiger partial charge in [0.05, 0.1) is 24.8 Å². The molecule has 124 valence electrons. The minimum Gasteiger partial charge on any atom is -0.384 e. The molecule has 6 heteroatoms. The number of hydrogen-bond acceptors (Lipinski definition) is 6. The number of nitrogens with zero attached hydrogens (tertiary/aromatic N) is 2. The molecule has 24 heavy (non-hydrogen) atoms. The fourth-order valence-corrected chi connectivity index (χ4v) is 3.10. The van der Waals surface area contributed by atoms with Crippen molar-refractivity contribution in [3.05, 3.63) is 35.9 Å². The SMILES string of the molecule is Nc1cc(NC[C@@H]2CNCCO2)c2ccc(C3=CC=NC3)cc2n1. The van der Waals surface area contributed by atoms with E-state index in [1.165, 1.54) is 5.57 Å². The smallest absolute Gasteiger partial charge is 0.126 e. The summed E-state index contributed by atoms with van der Waals surface area (Å²) >= 11 is 0. The van der Waals surface area contributed by atoms with E-state index in [0.29, 0.717) is 5.82 Å². The predicted molar refractivity (Wildman–Crippen MR) is 98.6 cm³/mol. The lowest BCUT2D eigenvalue weighted by molar-refractivity contribution is 0.0372. The fourth-order valence-electron chi connectivity index (χ4n) is 3.10. The zero-order valence-electron chi connectivity index (χ0n) is 13.5. The van der Waals surface area contributed by atoms with Crippen LogP contribution in [-0.2, 0) is 4.74 Å². The minimum absolute atomic E-state index is 0.170. The summed E-state index contributed by atoms with van der Waals surface area (Å²) in [6, 6.07) is 8.18. The number of nitrogens with one attached hydrogen (secondary N) is 2. The van der Waals surface area contributed by atoms with Gasteiger partial charge in [-0.1, -0.05) is 12.1 Å². The Hall–Kier alpha value is -2.44. The van der Waals surface area contributed by atoms with Crippen molar-refractivity contribution in [2.45, 2.75) is 6.10 Å².